The van der Waals surface area contributed by atoms with E-state index < -0.39 is 10.0 Å². The molecule has 16 heavy (non-hydrogen) atoms. The second-order valence-electron chi connectivity index (χ2n) is 3.04. The van der Waals surface area contributed by atoms with Gasteiger partial charge in [-0.1, -0.05) is 5.16 Å². The number of sulfonamides is 1. The van der Waals surface area contributed by atoms with Gasteiger partial charge in [-0.25, -0.2) is 8.42 Å². The standard InChI is InChI=1S/C8H12N4O3S/c1-12(6-8(9)11-13)16(14,15)7-3-2-4-10-5-7/h2-5,13H,6H2,1H3,(H2,9,11). The number of likely N-dealkylation sites (N-methyl/N-ethyl adjacent to an activating group) is 1. The normalized spacial score (nSPS) is 13.0. The summed E-state index contributed by atoms with van der Waals surface area (Å²) in [4.78, 5) is 3.77. The van der Waals surface area contributed by atoms with Gasteiger partial charge in [-0.2, -0.15) is 4.31 Å². The van der Waals surface area contributed by atoms with Gasteiger partial charge in [0.25, 0.3) is 0 Å². The van der Waals surface area contributed by atoms with Gasteiger partial charge < -0.3 is 10.9 Å². The quantitative estimate of drug-likeness (QED) is 0.319. The molecule has 0 aliphatic heterocycles. The number of rotatable bonds is 4. The molecule has 0 radical (unpaired) electrons. The third-order valence-electron chi connectivity index (χ3n) is 1.86. The van der Waals surface area contributed by atoms with Crippen molar-refractivity contribution in [1.29, 1.82) is 0 Å². The molecular formula is C8H12N4O3S. The zero-order valence-electron chi connectivity index (χ0n) is 8.61. The maximum absolute atomic E-state index is 11.9. The average molecular weight is 244 g/mol. The van der Waals surface area contributed by atoms with Crippen LogP contribution < -0.4 is 5.73 Å². The molecule has 0 spiro atoms. The Hall–Kier alpha value is -1.67. The Balaban J connectivity index is 2.95. The molecule has 7 nitrogen and oxygen atoms in total. The predicted molar refractivity (Wildman–Crippen MR) is 57.5 cm³/mol. The van der Waals surface area contributed by atoms with Crippen LogP contribution in [0.15, 0.2) is 34.6 Å². The molecule has 3 N–H and O–H groups in total. The molecule has 1 aromatic heterocycles. The SMILES string of the molecule is CN(CC(N)=NO)S(=O)(=O)c1cccnc1. The van der Waals surface area contributed by atoms with Gasteiger partial charge in [0.05, 0.1) is 6.54 Å². The van der Waals surface area contributed by atoms with E-state index in [1.807, 2.05) is 0 Å². The van der Waals surface area contributed by atoms with Crippen LogP contribution in [0.2, 0.25) is 0 Å². The molecule has 0 bridgehead atoms. The molecule has 1 heterocycles. The van der Waals surface area contributed by atoms with Gasteiger partial charge in [0, 0.05) is 19.4 Å². The lowest BCUT2D eigenvalue weighted by molar-refractivity contribution is 0.315. The summed E-state index contributed by atoms with van der Waals surface area (Å²) >= 11 is 0. The smallest absolute Gasteiger partial charge is 0.244 e. The molecule has 0 saturated carbocycles. The molecule has 88 valence electrons. The van der Waals surface area contributed by atoms with Crippen LogP contribution in [-0.4, -0.2) is 42.3 Å². The van der Waals surface area contributed by atoms with E-state index in [1.54, 1.807) is 0 Å². The Labute approximate surface area is 93.2 Å². The number of hydrogen-bond acceptors (Lipinski definition) is 5. The molecule has 0 fully saturated rings. The van der Waals surface area contributed by atoms with E-state index >= 15 is 0 Å². The summed E-state index contributed by atoms with van der Waals surface area (Å²) < 4.78 is 24.7. The summed E-state index contributed by atoms with van der Waals surface area (Å²) in [5.41, 5.74) is 5.23. The van der Waals surface area contributed by atoms with Gasteiger partial charge in [-0.15, -0.1) is 0 Å². The highest BCUT2D eigenvalue weighted by atomic mass is 32.2. The number of nitrogens with zero attached hydrogens (tertiary/aromatic N) is 3. The van der Waals surface area contributed by atoms with Gasteiger partial charge in [0.15, 0.2) is 5.84 Å². The zero-order chi connectivity index (χ0) is 12.2. The lowest BCUT2D eigenvalue weighted by Gasteiger charge is -2.15. The number of nitrogens with two attached hydrogens (primary N) is 1. The van der Waals surface area contributed by atoms with Crippen LogP contribution in [-0.2, 0) is 10.0 Å². The van der Waals surface area contributed by atoms with Crippen LogP contribution in [0, 0.1) is 0 Å². The molecule has 1 rings (SSSR count). The van der Waals surface area contributed by atoms with Crippen molar-refractivity contribution in [3.63, 3.8) is 0 Å². The minimum Gasteiger partial charge on any atom is -0.409 e. The van der Waals surface area contributed by atoms with Crippen LogP contribution in [0.3, 0.4) is 0 Å². The van der Waals surface area contributed by atoms with E-state index in [2.05, 4.69) is 10.1 Å². The van der Waals surface area contributed by atoms with Gasteiger partial charge in [0.1, 0.15) is 4.90 Å². The number of oxime groups is 1. The lowest BCUT2D eigenvalue weighted by Crippen LogP contribution is -2.35. The fourth-order valence-corrected chi connectivity index (χ4v) is 2.13. The van der Waals surface area contributed by atoms with Gasteiger partial charge in [0.2, 0.25) is 10.0 Å². The first kappa shape index (κ1) is 12.4. The zero-order valence-corrected chi connectivity index (χ0v) is 9.42. The summed E-state index contributed by atoms with van der Waals surface area (Å²) in [6.07, 6.45) is 2.71. The first-order chi connectivity index (χ1) is 7.48. The first-order valence-electron chi connectivity index (χ1n) is 4.31. The van der Waals surface area contributed by atoms with Crippen LogP contribution >= 0.6 is 0 Å². The van der Waals surface area contributed by atoms with Crippen molar-refractivity contribution in [3.8, 4) is 0 Å². The van der Waals surface area contributed by atoms with E-state index in [9.17, 15) is 8.42 Å². The molecule has 0 aliphatic carbocycles. The third kappa shape index (κ3) is 2.67. The topological polar surface area (TPSA) is 109 Å². The summed E-state index contributed by atoms with van der Waals surface area (Å²) in [6.45, 7) is -0.187. The highest BCUT2D eigenvalue weighted by Gasteiger charge is 2.21. The molecule has 0 aliphatic rings. The van der Waals surface area contributed by atoms with Crippen LogP contribution in [0.1, 0.15) is 0 Å². The van der Waals surface area contributed by atoms with E-state index in [0.717, 1.165) is 4.31 Å². The van der Waals surface area contributed by atoms with E-state index in [0.29, 0.717) is 0 Å². The van der Waals surface area contributed by atoms with Gasteiger partial charge in [-0.3, -0.25) is 4.98 Å². The second kappa shape index (κ2) is 4.90. The number of hydrogen-bond donors (Lipinski definition) is 2. The number of aromatic nitrogens is 1. The summed E-state index contributed by atoms with van der Waals surface area (Å²) in [5, 5.41) is 11.1. The fourth-order valence-electron chi connectivity index (χ4n) is 1.02. The summed E-state index contributed by atoms with van der Waals surface area (Å²) in [7, 11) is -2.31. The Morgan fingerprint density at radius 2 is 2.38 bits per heavy atom. The Bertz CT molecular complexity index is 471. The summed E-state index contributed by atoms with van der Waals surface area (Å²) in [5.74, 6) is -0.185. The van der Waals surface area contributed by atoms with Gasteiger partial charge in [-0.05, 0) is 12.1 Å². The van der Waals surface area contributed by atoms with Crippen molar-refractivity contribution in [1.82, 2.24) is 9.29 Å². The molecule has 0 unspecified atom stereocenters. The third-order valence-corrected chi connectivity index (χ3v) is 3.64. The van der Waals surface area contributed by atoms with Crippen molar-refractivity contribution in [2.75, 3.05) is 13.6 Å². The highest BCUT2D eigenvalue weighted by Crippen LogP contribution is 2.11. The number of amidine groups is 1. The van der Waals surface area contributed by atoms with Crippen molar-refractivity contribution in [3.05, 3.63) is 24.5 Å². The maximum Gasteiger partial charge on any atom is 0.244 e. The second-order valence-corrected chi connectivity index (χ2v) is 5.09. The highest BCUT2D eigenvalue weighted by molar-refractivity contribution is 7.89. The van der Waals surface area contributed by atoms with Crippen molar-refractivity contribution < 1.29 is 13.6 Å². The van der Waals surface area contributed by atoms with E-state index in [4.69, 9.17) is 10.9 Å². The Morgan fingerprint density at radius 3 is 2.88 bits per heavy atom. The van der Waals surface area contributed by atoms with Crippen molar-refractivity contribution in [2.45, 2.75) is 4.90 Å². The largest absolute Gasteiger partial charge is 0.409 e. The number of pyridine rings is 1. The van der Waals surface area contributed by atoms with Crippen molar-refractivity contribution >= 4 is 15.9 Å². The van der Waals surface area contributed by atoms with Crippen LogP contribution in [0.4, 0.5) is 0 Å². The van der Waals surface area contributed by atoms with E-state index in [-0.39, 0.29) is 17.3 Å². The van der Waals surface area contributed by atoms with Crippen LogP contribution in [0.25, 0.3) is 0 Å². The van der Waals surface area contributed by atoms with Crippen molar-refractivity contribution in [2.24, 2.45) is 10.9 Å². The molecule has 0 amide bonds. The molecular weight excluding hydrogens is 232 g/mol. The van der Waals surface area contributed by atoms with E-state index in [1.165, 1.54) is 31.6 Å². The Morgan fingerprint density at radius 1 is 1.69 bits per heavy atom. The minimum absolute atomic E-state index is 0.0586. The minimum atomic E-state index is -3.65. The molecule has 8 heteroatoms. The van der Waals surface area contributed by atoms with Crippen LogP contribution in [0.5, 0.6) is 0 Å². The predicted octanol–water partition coefficient (Wildman–Crippen LogP) is -0.551. The fraction of sp³-hybridized carbons (Fsp3) is 0.250. The monoisotopic (exact) mass is 244 g/mol. The maximum atomic E-state index is 11.9. The average Bonchev–Trinajstić information content (AvgIpc) is 2.29. The molecule has 0 aromatic carbocycles. The molecule has 0 saturated heterocycles. The lowest BCUT2D eigenvalue weighted by atomic mass is 10.5. The summed E-state index contributed by atoms with van der Waals surface area (Å²) in [6, 6.07) is 2.94. The van der Waals surface area contributed by atoms with Gasteiger partial charge >= 0.3 is 0 Å². The molecule has 1 aromatic rings. The Kier molecular flexibility index (Phi) is 3.80. The first-order valence-corrected chi connectivity index (χ1v) is 5.75. The molecule has 0 atom stereocenters.